The molecule has 0 unspecified atom stereocenters. The molecule has 0 saturated carbocycles. The summed E-state index contributed by atoms with van der Waals surface area (Å²) >= 11 is 0. The summed E-state index contributed by atoms with van der Waals surface area (Å²) in [7, 11) is 6.75. The van der Waals surface area contributed by atoms with E-state index in [0.29, 0.717) is 12.1 Å². The third kappa shape index (κ3) is 13.4. The number of rotatable bonds is 22. The molecule has 0 saturated heterocycles. The van der Waals surface area contributed by atoms with Crippen LogP contribution in [0.25, 0.3) is 0 Å². The van der Waals surface area contributed by atoms with Gasteiger partial charge < -0.3 is 29.6 Å². The van der Waals surface area contributed by atoms with Crippen LogP contribution in [0.1, 0.15) is 96.6 Å². The van der Waals surface area contributed by atoms with Gasteiger partial charge in [0.2, 0.25) is 0 Å². The van der Waals surface area contributed by atoms with Gasteiger partial charge >= 0.3 is 0 Å². The first-order chi connectivity index (χ1) is 19.8. The Kier molecular flexibility index (Phi) is 16.7. The summed E-state index contributed by atoms with van der Waals surface area (Å²) in [5.74, 6) is 4.57. The second-order valence-corrected chi connectivity index (χ2v) is 12.1. The van der Waals surface area contributed by atoms with E-state index in [0.717, 1.165) is 47.9 Å². The quantitative estimate of drug-likeness (QED) is 0.139. The maximum absolute atomic E-state index is 5.50. The molecule has 0 aliphatic heterocycles. The van der Waals surface area contributed by atoms with E-state index in [-0.39, 0.29) is 0 Å². The third-order valence-electron chi connectivity index (χ3n) is 7.88. The number of methoxy groups -OCH3 is 4. The maximum Gasteiger partial charge on any atom is 0.161 e. The number of unbranched alkanes of at least 4 members (excludes halogenated alkanes) is 2. The largest absolute Gasteiger partial charge is 0.493 e. The van der Waals surface area contributed by atoms with Crippen molar-refractivity contribution in [3.8, 4) is 23.0 Å². The first-order valence-corrected chi connectivity index (χ1v) is 15.7. The highest BCUT2D eigenvalue weighted by Crippen LogP contribution is 2.29. The number of nitrogens with one attached hydrogen (secondary N) is 2. The van der Waals surface area contributed by atoms with Gasteiger partial charge in [0.1, 0.15) is 0 Å². The van der Waals surface area contributed by atoms with E-state index in [1.807, 2.05) is 12.1 Å². The molecule has 6 heteroatoms. The molecule has 0 spiro atoms. The standard InChI is InChI=1S/C35H58N2O4/c1-26(2)14-18-30(36-24-28-16-20-32(38-5)34(22-28)40-7)12-10-9-11-13-31(19-15-27(3)4)37-25-29-17-21-33(39-6)35(23-29)41-8/h16-17,20-23,26-27,30-31,36-37H,9-15,18-19,24-25H2,1-8H3/t30-,31-/m0/s1. The molecule has 0 aliphatic carbocycles. The molecule has 2 rings (SSSR count). The van der Waals surface area contributed by atoms with Crippen LogP contribution in [0.5, 0.6) is 23.0 Å². The van der Waals surface area contributed by atoms with Gasteiger partial charge in [-0.05, 0) is 85.8 Å². The summed E-state index contributed by atoms with van der Waals surface area (Å²) in [5, 5.41) is 7.68. The number of hydrogen-bond donors (Lipinski definition) is 2. The summed E-state index contributed by atoms with van der Waals surface area (Å²) in [6.45, 7) is 11.0. The Hall–Kier alpha value is -2.44. The second kappa shape index (κ2) is 19.6. The molecule has 0 heterocycles. The van der Waals surface area contributed by atoms with Crippen LogP contribution in [-0.4, -0.2) is 40.5 Å². The molecule has 2 aromatic carbocycles. The lowest BCUT2D eigenvalue weighted by Crippen LogP contribution is -2.29. The SMILES string of the molecule is COc1ccc(CN[C@@H](CCCCC[C@@H](CCC(C)C)NCc2ccc(OC)c(OC)c2)CCC(C)C)cc1OC. The highest BCUT2D eigenvalue weighted by molar-refractivity contribution is 5.43. The van der Waals surface area contributed by atoms with Gasteiger partial charge in [-0.25, -0.2) is 0 Å². The molecule has 0 aliphatic rings. The molecule has 0 bridgehead atoms. The van der Waals surface area contributed by atoms with E-state index < -0.39 is 0 Å². The summed E-state index contributed by atoms with van der Waals surface area (Å²) in [4.78, 5) is 0. The van der Waals surface area contributed by atoms with E-state index in [4.69, 9.17) is 18.9 Å². The molecule has 0 radical (unpaired) electrons. The zero-order valence-corrected chi connectivity index (χ0v) is 27.2. The van der Waals surface area contributed by atoms with Crippen molar-refractivity contribution in [1.82, 2.24) is 10.6 Å². The predicted octanol–water partition coefficient (Wildman–Crippen LogP) is 8.16. The van der Waals surface area contributed by atoms with Crippen LogP contribution in [-0.2, 0) is 13.1 Å². The van der Waals surface area contributed by atoms with E-state index in [2.05, 4.69) is 62.6 Å². The monoisotopic (exact) mass is 570 g/mol. The van der Waals surface area contributed by atoms with Gasteiger partial charge in [0.05, 0.1) is 28.4 Å². The maximum atomic E-state index is 5.50. The highest BCUT2D eigenvalue weighted by atomic mass is 16.5. The Morgan fingerprint density at radius 3 is 1.22 bits per heavy atom. The zero-order chi connectivity index (χ0) is 30.0. The minimum atomic E-state index is 0.533. The molecule has 0 aromatic heterocycles. The molecule has 41 heavy (non-hydrogen) atoms. The fraction of sp³-hybridized carbons (Fsp3) is 0.657. The fourth-order valence-corrected chi connectivity index (χ4v) is 5.23. The number of ether oxygens (including phenoxy) is 4. The Morgan fingerprint density at radius 2 is 0.878 bits per heavy atom. The van der Waals surface area contributed by atoms with Gasteiger partial charge in [-0.3, -0.25) is 0 Å². The Morgan fingerprint density at radius 1 is 0.488 bits per heavy atom. The van der Waals surface area contributed by atoms with Crippen molar-refractivity contribution < 1.29 is 18.9 Å². The van der Waals surface area contributed by atoms with Gasteiger partial charge in [0, 0.05) is 25.2 Å². The van der Waals surface area contributed by atoms with Crippen molar-refractivity contribution in [2.75, 3.05) is 28.4 Å². The van der Waals surface area contributed by atoms with Crippen LogP contribution in [0, 0.1) is 11.8 Å². The van der Waals surface area contributed by atoms with Crippen LogP contribution in [0.2, 0.25) is 0 Å². The Bertz CT molecular complexity index is 901. The van der Waals surface area contributed by atoms with Crippen molar-refractivity contribution in [2.45, 2.75) is 111 Å². The van der Waals surface area contributed by atoms with Gasteiger partial charge in [0.15, 0.2) is 23.0 Å². The zero-order valence-electron chi connectivity index (χ0n) is 27.2. The lowest BCUT2D eigenvalue weighted by Gasteiger charge is -2.22. The summed E-state index contributed by atoms with van der Waals surface area (Å²) in [6.07, 6.45) is 11.2. The van der Waals surface area contributed by atoms with Gasteiger partial charge in [-0.15, -0.1) is 0 Å². The van der Waals surface area contributed by atoms with Crippen molar-refractivity contribution in [2.24, 2.45) is 11.8 Å². The lowest BCUT2D eigenvalue weighted by atomic mass is 9.96. The van der Waals surface area contributed by atoms with Crippen LogP contribution in [0.15, 0.2) is 36.4 Å². The molecular weight excluding hydrogens is 512 g/mol. The molecule has 232 valence electrons. The molecule has 0 fully saturated rings. The molecule has 2 atom stereocenters. The first kappa shape index (κ1) is 34.8. The fourth-order valence-electron chi connectivity index (χ4n) is 5.23. The smallest absolute Gasteiger partial charge is 0.161 e. The van der Waals surface area contributed by atoms with E-state index in [1.54, 1.807) is 28.4 Å². The van der Waals surface area contributed by atoms with E-state index >= 15 is 0 Å². The van der Waals surface area contributed by atoms with Crippen LogP contribution in [0.4, 0.5) is 0 Å². The molecule has 2 N–H and O–H groups in total. The summed E-state index contributed by atoms with van der Waals surface area (Å²) in [5.41, 5.74) is 2.46. The Balaban J connectivity index is 1.85. The number of hydrogen-bond acceptors (Lipinski definition) is 6. The second-order valence-electron chi connectivity index (χ2n) is 12.1. The molecule has 6 nitrogen and oxygen atoms in total. The molecule has 2 aromatic rings. The third-order valence-corrected chi connectivity index (χ3v) is 7.88. The highest BCUT2D eigenvalue weighted by Gasteiger charge is 2.13. The van der Waals surface area contributed by atoms with Gasteiger partial charge in [-0.1, -0.05) is 59.1 Å². The van der Waals surface area contributed by atoms with Crippen molar-refractivity contribution >= 4 is 0 Å². The minimum absolute atomic E-state index is 0.533. The minimum Gasteiger partial charge on any atom is -0.493 e. The molecular formula is C35H58N2O4. The van der Waals surface area contributed by atoms with E-state index in [9.17, 15) is 0 Å². The number of benzene rings is 2. The summed E-state index contributed by atoms with van der Waals surface area (Å²) < 4.78 is 21.8. The average molecular weight is 571 g/mol. The molecule has 0 amide bonds. The van der Waals surface area contributed by atoms with Crippen LogP contribution >= 0.6 is 0 Å². The topological polar surface area (TPSA) is 61.0 Å². The van der Waals surface area contributed by atoms with Crippen molar-refractivity contribution in [3.63, 3.8) is 0 Å². The van der Waals surface area contributed by atoms with Gasteiger partial charge in [-0.2, -0.15) is 0 Å². The predicted molar refractivity (Wildman–Crippen MR) is 172 cm³/mol. The Labute approximate surface area is 250 Å². The first-order valence-electron chi connectivity index (χ1n) is 15.7. The van der Waals surface area contributed by atoms with Gasteiger partial charge in [0.25, 0.3) is 0 Å². The lowest BCUT2D eigenvalue weighted by molar-refractivity contribution is 0.353. The van der Waals surface area contributed by atoms with Crippen LogP contribution in [0.3, 0.4) is 0 Å². The van der Waals surface area contributed by atoms with Crippen molar-refractivity contribution in [3.05, 3.63) is 47.5 Å². The van der Waals surface area contributed by atoms with E-state index in [1.165, 1.54) is 68.9 Å². The van der Waals surface area contributed by atoms with Crippen LogP contribution < -0.4 is 29.6 Å². The van der Waals surface area contributed by atoms with Crippen molar-refractivity contribution in [1.29, 1.82) is 0 Å². The normalized spacial score (nSPS) is 12.9. The average Bonchev–Trinajstić information content (AvgIpc) is 2.98. The summed E-state index contributed by atoms with van der Waals surface area (Å²) in [6, 6.07) is 13.5.